The first-order valence-corrected chi connectivity index (χ1v) is 9.93. The molecule has 1 aliphatic rings. The maximum absolute atomic E-state index is 12.3. The van der Waals surface area contributed by atoms with Crippen molar-refractivity contribution in [2.24, 2.45) is 0 Å². The monoisotopic (exact) mass is 370 g/mol. The van der Waals surface area contributed by atoms with Crippen LogP contribution >= 0.6 is 0 Å². The minimum atomic E-state index is 0.125. The standard InChI is InChI=1S/C22H30N2O3/c1-26-19-12-10-18(11-13-19)7-2-3-9-22(25)23-17-20(21-8-6-16-27-21)24-14-4-5-15-24/h6,8,10-13,16,20H,2-5,7,9,14-15,17H2,1H3,(H,23,25). The van der Waals surface area contributed by atoms with Gasteiger partial charge in [0.15, 0.2) is 0 Å². The van der Waals surface area contributed by atoms with Gasteiger partial charge in [-0.15, -0.1) is 0 Å². The quantitative estimate of drug-likeness (QED) is 0.643. The van der Waals surface area contributed by atoms with Gasteiger partial charge in [-0.3, -0.25) is 9.69 Å². The van der Waals surface area contributed by atoms with Gasteiger partial charge in [-0.2, -0.15) is 0 Å². The van der Waals surface area contributed by atoms with Crippen molar-refractivity contribution in [2.75, 3.05) is 26.7 Å². The van der Waals surface area contributed by atoms with Crippen LogP contribution in [0.25, 0.3) is 0 Å². The van der Waals surface area contributed by atoms with Gasteiger partial charge in [-0.1, -0.05) is 12.1 Å². The molecule has 0 bridgehead atoms. The van der Waals surface area contributed by atoms with Crippen molar-refractivity contribution in [3.8, 4) is 5.75 Å². The fraction of sp³-hybridized carbons (Fsp3) is 0.500. The molecule has 0 aliphatic carbocycles. The van der Waals surface area contributed by atoms with Crippen molar-refractivity contribution in [3.05, 3.63) is 54.0 Å². The average molecular weight is 370 g/mol. The van der Waals surface area contributed by atoms with E-state index in [1.807, 2.05) is 24.3 Å². The molecular formula is C22H30N2O3. The molecular weight excluding hydrogens is 340 g/mol. The van der Waals surface area contributed by atoms with E-state index in [0.717, 1.165) is 43.9 Å². The van der Waals surface area contributed by atoms with E-state index >= 15 is 0 Å². The van der Waals surface area contributed by atoms with Crippen LogP contribution in [0.1, 0.15) is 49.5 Å². The Kier molecular flexibility index (Phi) is 7.34. The van der Waals surface area contributed by atoms with Crippen molar-refractivity contribution < 1.29 is 13.9 Å². The smallest absolute Gasteiger partial charge is 0.220 e. The Bertz CT molecular complexity index is 676. The number of carbonyl (C=O) groups excluding carboxylic acids is 1. The zero-order chi connectivity index (χ0) is 18.9. The average Bonchev–Trinajstić information content (AvgIpc) is 3.41. The van der Waals surface area contributed by atoms with Gasteiger partial charge < -0.3 is 14.5 Å². The maximum atomic E-state index is 12.3. The predicted molar refractivity (Wildman–Crippen MR) is 106 cm³/mol. The van der Waals surface area contributed by atoms with E-state index in [1.54, 1.807) is 13.4 Å². The molecule has 1 aliphatic heterocycles. The van der Waals surface area contributed by atoms with E-state index < -0.39 is 0 Å². The number of aryl methyl sites for hydroxylation is 1. The fourth-order valence-electron chi connectivity index (χ4n) is 3.65. The third-order valence-electron chi connectivity index (χ3n) is 5.22. The molecule has 1 aromatic carbocycles. The molecule has 0 saturated carbocycles. The number of furan rings is 1. The number of hydrogen-bond donors (Lipinski definition) is 1. The van der Waals surface area contributed by atoms with Gasteiger partial charge in [0.2, 0.25) is 5.91 Å². The summed E-state index contributed by atoms with van der Waals surface area (Å²) in [7, 11) is 1.67. The number of nitrogens with one attached hydrogen (secondary N) is 1. The lowest BCUT2D eigenvalue weighted by Gasteiger charge is -2.26. The number of unbranched alkanes of at least 4 members (excludes halogenated alkanes) is 1. The Morgan fingerprint density at radius 1 is 1.19 bits per heavy atom. The summed E-state index contributed by atoms with van der Waals surface area (Å²) in [5.74, 6) is 1.94. The number of benzene rings is 1. The van der Waals surface area contributed by atoms with Crippen molar-refractivity contribution in [2.45, 2.75) is 44.6 Å². The number of likely N-dealkylation sites (tertiary alicyclic amines) is 1. The number of hydrogen-bond acceptors (Lipinski definition) is 4. The number of ether oxygens (including phenoxy) is 1. The summed E-state index contributed by atoms with van der Waals surface area (Å²) in [5.41, 5.74) is 1.28. The minimum Gasteiger partial charge on any atom is -0.497 e. The summed E-state index contributed by atoms with van der Waals surface area (Å²) in [6, 6.07) is 12.2. The zero-order valence-electron chi connectivity index (χ0n) is 16.2. The lowest BCUT2D eigenvalue weighted by Crippen LogP contribution is -2.36. The molecule has 0 radical (unpaired) electrons. The molecule has 1 amide bonds. The molecule has 1 saturated heterocycles. The van der Waals surface area contributed by atoms with Crippen LogP contribution < -0.4 is 10.1 Å². The zero-order valence-corrected chi connectivity index (χ0v) is 16.2. The lowest BCUT2D eigenvalue weighted by molar-refractivity contribution is -0.121. The first-order chi connectivity index (χ1) is 13.3. The van der Waals surface area contributed by atoms with Gasteiger partial charge in [0, 0.05) is 13.0 Å². The summed E-state index contributed by atoms with van der Waals surface area (Å²) < 4.78 is 10.8. The third-order valence-corrected chi connectivity index (χ3v) is 5.22. The van der Waals surface area contributed by atoms with Crippen LogP contribution in [-0.2, 0) is 11.2 Å². The number of nitrogens with zero attached hydrogens (tertiary/aromatic N) is 1. The van der Waals surface area contributed by atoms with Crippen LogP contribution in [0.15, 0.2) is 47.1 Å². The second-order valence-electron chi connectivity index (χ2n) is 7.13. The molecule has 1 aromatic heterocycles. The first kappa shape index (κ1) is 19.5. The molecule has 146 valence electrons. The van der Waals surface area contributed by atoms with E-state index in [2.05, 4.69) is 22.3 Å². The second-order valence-corrected chi connectivity index (χ2v) is 7.13. The number of rotatable bonds is 10. The molecule has 5 nitrogen and oxygen atoms in total. The Balaban J connectivity index is 1.37. The van der Waals surface area contributed by atoms with Crippen LogP contribution in [0.3, 0.4) is 0 Å². The minimum absolute atomic E-state index is 0.125. The van der Waals surface area contributed by atoms with Gasteiger partial charge in [-0.05, 0) is 75.0 Å². The lowest BCUT2D eigenvalue weighted by atomic mass is 10.1. The molecule has 1 fully saturated rings. The maximum Gasteiger partial charge on any atom is 0.220 e. The van der Waals surface area contributed by atoms with E-state index in [1.165, 1.54) is 18.4 Å². The number of carbonyl (C=O) groups is 1. The van der Waals surface area contributed by atoms with E-state index in [4.69, 9.17) is 9.15 Å². The largest absolute Gasteiger partial charge is 0.497 e. The second kappa shape index (κ2) is 10.2. The van der Waals surface area contributed by atoms with Gasteiger partial charge in [0.1, 0.15) is 11.5 Å². The van der Waals surface area contributed by atoms with Crippen LogP contribution in [0, 0.1) is 0 Å². The van der Waals surface area contributed by atoms with Crippen molar-refractivity contribution in [1.82, 2.24) is 10.2 Å². The predicted octanol–water partition coefficient (Wildman–Crippen LogP) is 3.95. The Hall–Kier alpha value is -2.27. The summed E-state index contributed by atoms with van der Waals surface area (Å²) in [6.07, 6.45) is 7.61. The fourth-order valence-corrected chi connectivity index (χ4v) is 3.65. The first-order valence-electron chi connectivity index (χ1n) is 9.93. The van der Waals surface area contributed by atoms with E-state index in [-0.39, 0.29) is 11.9 Å². The highest BCUT2D eigenvalue weighted by atomic mass is 16.5. The summed E-state index contributed by atoms with van der Waals surface area (Å²) in [6.45, 7) is 2.76. The van der Waals surface area contributed by atoms with Crippen molar-refractivity contribution >= 4 is 5.91 Å². The Morgan fingerprint density at radius 2 is 1.96 bits per heavy atom. The number of amides is 1. The number of methoxy groups -OCH3 is 1. The topological polar surface area (TPSA) is 54.7 Å². The Labute approximate surface area is 161 Å². The normalized spacial score (nSPS) is 15.6. The molecule has 1 N–H and O–H groups in total. The highest BCUT2D eigenvalue weighted by Crippen LogP contribution is 2.25. The van der Waals surface area contributed by atoms with Crippen LogP contribution in [0.2, 0.25) is 0 Å². The molecule has 5 heteroatoms. The highest BCUT2D eigenvalue weighted by Gasteiger charge is 2.25. The van der Waals surface area contributed by atoms with Crippen LogP contribution in [0.4, 0.5) is 0 Å². The molecule has 3 rings (SSSR count). The molecule has 0 spiro atoms. The van der Waals surface area contributed by atoms with E-state index in [9.17, 15) is 4.79 Å². The summed E-state index contributed by atoms with van der Waals surface area (Å²) >= 11 is 0. The molecule has 2 aromatic rings. The highest BCUT2D eigenvalue weighted by molar-refractivity contribution is 5.75. The molecule has 1 atom stereocenters. The Morgan fingerprint density at radius 3 is 2.63 bits per heavy atom. The molecule has 27 heavy (non-hydrogen) atoms. The molecule has 1 unspecified atom stereocenters. The van der Waals surface area contributed by atoms with Crippen molar-refractivity contribution in [1.29, 1.82) is 0 Å². The van der Waals surface area contributed by atoms with Crippen LogP contribution in [0.5, 0.6) is 5.75 Å². The van der Waals surface area contributed by atoms with Gasteiger partial charge >= 0.3 is 0 Å². The SMILES string of the molecule is COc1ccc(CCCCC(=O)NCC(c2ccco2)N2CCCC2)cc1. The van der Waals surface area contributed by atoms with Crippen LogP contribution in [-0.4, -0.2) is 37.6 Å². The van der Waals surface area contributed by atoms with Gasteiger partial charge in [0.05, 0.1) is 19.4 Å². The summed E-state index contributed by atoms with van der Waals surface area (Å²) in [4.78, 5) is 14.7. The summed E-state index contributed by atoms with van der Waals surface area (Å²) in [5, 5.41) is 3.10. The third kappa shape index (κ3) is 5.86. The van der Waals surface area contributed by atoms with E-state index in [0.29, 0.717) is 13.0 Å². The van der Waals surface area contributed by atoms with Gasteiger partial charge in [0.25, 0.3) is 0 Å². The van der Waals surface area contributed by atoms with Gasteiger partial charge in [-0.25, -0.2) is 0 Å². The molecule has 2 heterocycles. The van der Waals surface area contributed by atoms with Crippen molar-refractivity contribution in [3.63, 3.8) is 0 Å².